The van der Waals surface area contributed by atoms with Gasteiger partial charge in [0.25, 0.3) is 0 Å². The quantitative estimate of drug-likeness (QED) is 0.794. The molecule has 4 nitrogen and oxygen atoms in total. The first kappa shape index (κ1) is 9.51. The predicted octanol–water partition coefficient (Wildman–Crippen LogP) is 1.78. The highest BCUT2D eigenvalue weighted by atomic mass is 16.4. The van der Waals surface area contributed by atoms with E-state index in [2.05, 4.69) is 10.2 Å². The van der Waals surface area contributed by atoms with Gasteiger partial charge in [0.2, 0.25) is 0 Å². The maximum atomic E-state index is 11.2. The first-order valence-corrected chi connectivity index (χ1v) is 5.64. The average Bonchev–Trinajstić information content (AvgIpc) is 3.11. The number of hydrogen-bond acceptors (Lipinski definition) is 3. The van der Waals surface area contributed by atoms with E-state index in [1.54, 1.807) is 12.1 Å². The molecule has 84 valence electrons. The molecule has 1 aliphatic carbocycles. The Hall–Kier alpha value is -1.71. The van der Waals surface area contributed by atoms with Gasteiger partial charge in [0.05, 0.1) is 16.9 Å². The van der Waals surface area contributed by atoms with Crippen LogP contribution < -0.4 is 10.2 Å². The lowest BCUT2D eigenvalue weighted by molar-refractivity contribution is 0.0697. The Morgan fingerprint density at radius 3 is 2.94 bits per heavy atom. The molecule has 2 aliphatic rings. The van der Waals surface area contributed by atoms with Crippen molar-refractivity contribution in [1.82, 2.24) is 0 Å². The van der Waals surface area contributed by atoms with Crippen molar-refractivity contribution < 1.29 is 9.90 Å². The van der Waals surface area contributed by atoms with Gasteiger partial charge in [-0.15, -0.1) is 0 Å². The summed E-state index contributed by atoms with van der Waals surface area (Å²) in [6.07, 6.45) is 2.38. The summed E-state index contributed by atoms with van der Waals surface area (Å²) in [6.45, 7) is 1.80. The molecule has 0 spiro atoms. The molecule has 16 heavy (non-hydrogen) atoms. The lowest BCUT2D eigenvalue weighted by atomic mass is 10.1. The van der Waals surface area contributed by atoms with Crippen molar-refractivity contribution in [3.8, 4) is 0 Å². The summed E-state index contributed by atoms with van der Waals surface area (Å²) in [5, 5.41) is 12.5. The van der Waals surface area contributed by atoms with Gasteiger partial charge in [-0.25, -0.2) is 4.79 Å². The van der Waals surface area contributed by atoms with Crippen molar-refractivity contribution in [2.24, 2.45) is 0 Å². The summed E-state index contributed by atoms with van der Waals surface area (Å²) >= 11 is 0. The molecule has 0 amide bonds. The number of nitrogens with zero attached hydrogens (tertiary/aromatic N) is 1. The maximum absolute atomic E-state index is 11.2. The Labute approximate surface area is 93.9 Å². The van der Waals surface area contributed by atoms with Crippen molar-refractivity contribution in [3.63, 3.8) is 0 Å². The third-order valence-electron chi connectivity index (χ3n) is 3.21. The van der Waals surface area contributed by atoms with E-state index >= 15 is 0 Å². The molecule has 1 fully saturated rings. The fourth-order valence-electron chi connectivity index (χ4n) is 2.34. The van der Waals surface area contributed by atoms with Crippen LogP contribution >= 0.6 is 0 Å². The van der Waals surface area contributed by atoms with E-state index in [1.807, 2.05) is 6.07 Å². The molecule has 1 saturated carbocycles. The van der Waals surface area contributed by atoms with Crippen LogP contribution in [0.2, 0.25) is 0 Å². The van der Waals surface area contributed by atoms with E-state index in [9.17, 15) is 9.90 Å². The van der Waals surface area contributed by atoms with Crippen molar-refractivity contribution in [3.05, 3.63) is 23.8 Å². The second kappa shape index (κ2) is 3.40. The third-order valence-corrected chi connectivity index (χ3v) is 3.21. The van der Waals surface area contributed by atoms with Crippen molar-refractivity contribution in [2.75, 3.05) is 23.3 Å². The van der Waals surface area contributed by atoms with Gasteiger partial charge in [-0.3, -0.25) is 0 Å². The molecule has 1 aromatic carbocycles. The lowest BCUT2D eigenvalue weighted by Crippen LogP contribution is -2.36. The van der Waals surface area contributed by atoms with Gasteiger partial charge in [-0.1, -0.05) is 6.07 Å². The van der Waals surface area contributed by atoms with Crippen LogP contribution in [0.4, 0.5) is 11.4 Å². The number of anilines is 2. The van der Waals surface area contributed by atoms with Crippen LogP contribution in [0.15, 0.2) is 18.2 Å². The molecule has 1 heterocycles. The van der Waals surface area contributed by atoms with Crippen LogP contribution in [-0.2, 0) is 0 Å². The SMILES string of the molecule is O=C(O)c1cccc2c1N(C1CC1)CCN2. The Balaban J connectivity index is 2.11. The molecule has 3 rings (SSSR count). The van der Waals surface area contributed by atoms with E-state index in [0.717, 1.165) is 24.5 Å². The number of carbonyl (C=O) groups is 1. The number of nitrogens with one attached hydrogen (secondary N) is 1. The minimum atomic E-state index is -0.841. The van der Waals surface area contributed by atoms with Crippen molar-refractivity contribution in [1.29, 1.82) is 0 Å². The summed E-state index contributed by atoms with van der Waals surface area (Å²) in [7, 11) is 0. The zero-order valence-corrected chi connectivity index (χ0v) is 8.94. The molecular formula is C12H14N2O2. The lowest BCUT2D eigenvalue weighted by Gasteiger charge is -2.33. The van der Waals surface area contributed by atoms with Crippen LogP contribution in [0.1, 0.15) is 23.2 Å². The highest BCUT2D eigenvalue weighted by Crippen LogP contribution is 2.39. The number of aromatic carboxylic acids is 1. The second-order valence-electron chi connectivity index (χ2n) is 4.36. The Kier molecular flexibility index (Phi) is 2.02. The molecule has 0 bridgehead atoms. The van der Waals surface area contributed by atoms with E-state index in [0.29, 0.717) is 11.6 Å². The number of hydrogen-bond donors (Lipinski definition) is 2. The minimum Gasteiger partial charge on any atom is -0.478 e. The van der Waals surface area contributed by atoms with Gasteiger partial charge in [0.1, 0.15) is 0 Å². The van der Waals surface area contributed by atoms with E-state index in [1.165, 1.54) is 12.8 Å². The molecule has 1 aliphatic heterocycles. The smallest absolute Gasteiger partial charge is 0.337 e. The summed E-state index contributed by atoms with van der Waals surface area (Å²) in [5.74, 6) is -0.841. The summed E-state index contributed by atoms with van der Waals surface area (Å²) in [6, 6.07) is 5.99. The predicted molar refractivity (Wildman–Crippen MR) is 62.3 cm³/mol. The van der Waals surface area contributed by atoms with Gasteiger partial charge in [0, 0.05) is 19.1 Å². The number of fused-ring (bicyclic) bond motifs is 1. The van der Waals surface area contributed by atoms with Gasteiger partial charge in [-0.05, 0) is 25.0 Å². The largest absolute Gasteiger partial charge is 0.478 e. The Bertz CT molecular complexity index is 441. The van der Waals surface area contributed by atoms with Crippen LogP contribution in [0.25, 0.3) is 0 Å². The highest BCUT2D eigenvalue weighted by molar-refractivity contribution is 5.99. The van der Waals surface area contributed by atoms with Gasteiger partial charge in [0.15, 0.2) is 0 Å². The van der Waals surface area contributed by atoms with E-state index in [-0.39, 0.29) is 0 Å². The van der Waals surface area contributed by atoms with E-state index in [4.69, 9.17) is 0 Å². The Morgan fingerprint density at radius 1 is 1.44 bits per heavy atom. The Morgan fingerprint density at radius 2 is 2.25 bits per heavy atom. The highest BCUT2D eigenvalue weighted by Gasteiger charge is 2.34. The minimum absolute atomic E-state index is 0.414. The van der Waals surface area contributed by atoms with Gasteiger partial charge < -0.3 is 15.3 Å². The van der Waals surface area contributed by atoms with Crippen LogP contribution in [0, 0.1) is 0 Å². The number of benzene rings is 1. The number of carboxylic acids is 1. The molecular weight excluding hydrogens is 204 g/mol. The maximum Gasteiger partial charge on any atom is 0.337 e. The first-order chi connectivity index (χ1) is 7.77. The standard InChI is InChI=1S/C12H14N2O2/c15-12(16)9-2-1-3-10-11(9)14(7-6-13-10)8-4-5-8/h1-3,8,13H,4-7H2,(H,15,16). The molecule has 2 N–H and O–H groups in total. The fraction of sp³-hybridized carbons (Fsp3) is 0.417. The van der Waals surface area contributed by atoms with Crippen LogP contribution in [-0.4, -0.2) is 30.2 Å². The molecule has 1 aromatic rings. The van der Waals surface area contributed by atoms with Gasteiger partial charge in [-0.2, -0.15) is 0 Å². The number of para-hydroxylation sites is 1. The molecule has 0 radical (unpaired) electrons. The normalized spacial score (nSPS) is 18.9. The summed E-state index contributed by atoms with van der Waals surface area (Å²) in [5.41, 5.74) is 2.25. The molecule has 0 unspecified atom stereocenters. The third kappa shape index (κ3) is 1.41. The fourth-order valence-corrected chi connectivity index (χ4v) is 2.34. The summed E-state index contributed by atoms with van der Waals surface area (Å²) < 4.78 is 0. The zero-order valence-electron chi connectivity index (χ0n) is 8.94. The number of carboxylic acid groups (broad SMARTS) is 1. The number of rotatable bonds is 2. The second-order valence-corrected chi connectivity index (χ2v) is 4.36. The van der Waals surface area contributed by atoms with Gasteiger partial charge >= 0.3 is 5.97 Å². The van der Waals surface area contributed by atoms with E-state index < -0.39 is 5.97 Å². The summed E-state index contributed by atoms with van der Waals surface area (Å²) in [4.78, 5) is 13.5. The first-order valence-electron chi connectivity index (χ1n) is 5.64. The van der Waals surface area contributed by atoms with Crippen LogP contribution in [0.3, 0.4) is 0 Å². The van der Waals surface area contributed by atoms with Crippen LogP contribution in [0.5, 0.6) is 0 Å². The van der Waals surface area contributed by atoms with Crippen molar-refractivity contribution >= 4 is 17.3 Å². The topological polar surface area (TPSA) is 52.6 Å². The molecule has 0 saturated heterocycles. The monoisotopic (exact) mass is 218 g/mol. The molecule has 4 heteroatoms. The molecule has 0 aromatic heterocycles. The molecule has 0 atom stereocenters. The average molecular weight is 218 g/mol. The van der Waals surface area contributed by atoms with Crippen molar-refractivity contribution in [2.45, 2.75) is 18.9 Å². The zero-order chi connectivity index (χ0) is 11.1.